The van der Waals surface area contributed by atoms with Crippen molar-refractivity contribution in [3.05, 3.63) is 64.4 Å². The first-order valence-corrected chi connectivity index (χ1v) is 6.77. The molecule has 0 atom stereocenters. The fourth-order valence-corrected chi connectivity index (χ4v) is 2.22. The summed E-state index contributed by atoms with van der Waals surface area (Å²) < 4.78 is 12.8. The highest BCUT2D eigenvalue weighted by Crippen LogP contribution is 2.21. The van der Waals surface area contributed by atoms with Gasteiger partial charge in [-0.2, -0.15) is 0 Å². The van der Waals surface area contributed by atoms with Gasteiger partial charge in [0.25, 0.3) is 0 Å². The van der Waals surface area contributed by atoms with Gasteiger partial charge in [-0.25, -0.2) is 4.39 Å². The Bertz CT molecular complexity index is 610. The number of carbonyl (C=O) groups is 1. The molecule has 0 aliphatic rings. The molecule has 0 fully saturated rings. The van der Waals surface area contributed by atoms with Crippen molar-refractivity contribution in [2.24, 2.45) is 0 Å². The molecule has 0 amide bonds. The normalized spacial score (nSPS) is 10.5. The molecule has 0 unspecified atom stereocenters. The second-order valence-corrected chi connectivity index (χ2v) is 5.05. The van der Waals surface area contributed by atoms with Crippen LogP contribution in [-0.2, 0) is 6.42 Å². The Kier molecular flexibility index (Phi) is 4.74. The van der Waals surface area contributed by atoms with Gasteiger partial charge >= 0.3 is 0 Å². The molecule has 0 aliphatic heterocycles. The molecule has 2 aromatic rings. The fourth-order valence-electron chi connectivity index (χ4n) is 2.00. The van der Waals surface area contributed by atoms with Crippen molar-refractivity contribution in [2.45, 2.75) is 19.3 Å². The minimum absolute atomic E-state index is 0.0237. The van der Waals surface area contributed by atoms with Crippen molar-refractivity contribution in [3.63, 3.8) is 0 Å². The zero-order valence-corrected chi connectivity index (χ0v) is 11.7. The number of halogens is 2. The van der Waals surface area contributed by atoms with Gasteiger partial charge in [-0.3, -0.25) is 4.79 Å². The Morgan fingerprint density at radius 3 is 2.55 bits per heavy atom. The maximum absolute atomic E-state index is 12.8. The third-order valence-electron chi connectivity index (χ3n) is 3.07. The smallest absolute Gasteiger partial charge is 0.164 e. The van der Waals surface area contributed by atoms with Crippen LogP contribution in [0.15, 0.2) is 42.5 Å². The van der Waals surface area contributed by atoms with E-state index in [-0.39, 0.29) is 11.6 Å². The quantitative estimate of drug-likeness (QED) is 0.660. The summed E-state index contributed by atoms with van der Waals surface area (Å²) >= 11 is 5.99. The van der Waals surface area contributed by atoms with Crippen LogP contribution in [-0.4, -0.2) is 5.78 Å². The van der Waals surface area contributed by atoms with E-state index in [0.717, 1.165) is 12.0 Å². The Hall–Kier alpha value is -1.87. The lowest BCUT2D eigenvalue weighted by Gasteiger charge is -2.05. The number of nitrogen functional groups attached to an aromatic ring is 1. The molecule has 0 saturated carbocycles. The van der Waals surface area contributed by atoms with E-state index in [1.807, 2.05) is 0 Å². The lowest BCUT2D eigenvalue weighted by atomic mass is 10.0. The number of benzene rings is 2. The number of carbonyl (C=O) groups excluding carboxylic acids is 1. The molecule has 4 heteroatoms. The monoisotopic (exact) mass is 291 g/mol. The lowest BCUT2D eigenvalue weighted by molar-refractivity contribution is 0.0980. The van der Waals surface area contributed by atoms with E-state index in [4.69, 9.17) is 17.3 Å². The van der Waals surface area contributed by atoms with Gasteiger partial charge < -0.3 is 5.73 Å². The average molecular weight is 292 g/mol. The van der Waals surface area contributed by atoms with Gasteiger partial charge in [-0.1, -0.05) is 23.7 Å². The molecule has 0 aromatic heterocycles. The average Bonchev–Trinajstić information content (AvgIpc) is 2.43. The molecule has 0 saturated heterocycles. The molecule has 0 bridgehead atoms. The minimum atomic E-state index is -0.253. The summed E-state index contributed by atoms with van der Waals surface area (Å²) in [5.41, 5.74) is 7.65. The maximum atomic E-state index is 12.8. The molecule has 2 nitrogen and oxygen atoms in total. The van der Waals surface area contributed by atoms with Gasteiger partial charge in [0.2, 0.25) is 0 Å². The molecule has 20 heavy (non-hydrogen) atoms. The van der Waals surface area contributed by atoms with Gasteiger partial charge in [0, 0.05) is 17.7 Å². The Morgan fingerprint density at radius 2 is 1.85 bits per heavy atom. The molecule has 0 heterocycles. The Morgan fingerprint density at radius 1 is 1.15 bits per heavy atom. The van der Waals surface area contributed by atoms with Gasteiger partial charge in [0.15, 0.2) is 5.78 Å². The highest BCUT2D eigenvalue weighted by Gasteiger charge is 2.10. The van der Waals surface area contributed by atoms with Crippen molar-refractivity contribution in [2.75, 3.05) is 5.73 Å². The number of anilines is 1. The van der Waals surface area contributed by atoms with Crippen molar-refractivity contribution in [3.8, 4) is 0 Å². The number of hydrogen-bond acceptors (Lipinski definition) is 2. The van der Waals surface area contributed by atoms with E-state index in [0.29, 0.717) is 29.1 Å². The second-order valence-electron chi connectivity index (χ2n) is 4.64. The number of rotatable bonds is 5. The van der Waals surface area contributed by atoms with Gasteiger partial charge in [-0.05, 0) is 48.7 Å². The van der Waals surface area contributed by atoms with Crippen LogP contribution >= 0.6 is 11.6 Å². The summed E-state index contributed by atoms with van der Waals surface area (Å²) in [5, 5.41) is 0.422. The molecule has 0 aliphatic carbocycles. The summed E-state index contributed by atoms with van der Waals surface area (Å²) in [6.07, 6.45) is 1.81. The van der Waals surface area contributed by atoms with E-state index in [9.17, 15) is 9.18 Å². The van der Waals surface area contributed by atoms with Crippen LogP contribution in [0, 0.1) is 5.82 Å². The molecular formula is C16H15ClFNO. The maximum Gasteiger partial charge on any atom is 0.164 e. The van der Waals surface area contributed by atoms with Crippen molar-refractivity contribution in [1.29, 1.82) is 0 Å². The second kappa shape index (κ2) is 6.53. The first kappa shape index (κ1) is 14.5. The van der Waals surface area contributed by atoms with E-state index >= 15 is 0 Å². The predicted molar refractivity (Wildman–Crippen MR) is 79.5 cm³/mol. The topological polar surface area (TPSA) is 43.1 Å². The first-order valence-electron chi connectivity index (χ1n) is 6.39. The van der Waals surface area contributed by atoms with Crippen LogP contribution < -0.4 is 5.73 Å². The molecule has 0 spiro atoms. The molecular weight excluding hydrogens is 277 g/mol. The van der Waals surface area contributed by atoms with Crippen LogP contribution in [0.2, 0.25) is 5.02 Å². The summed E-state index contributed by atoms with van der Waals surface area (Å²) in [6, 6.07) is 11.2. The van der Waals surface area contributed by atoms with E-state index in [1.165, 1.54) is 12.1 Å². The number of aryl methyl sites for hydroxylation is 1. The fraction of sp³-hybridized carbons (Fsp3) is 0.188. The SMILES string of the molecule is Nc1ccc(Cl)c(C(=O)CCCc2ccc(F)cc2)c1. The first-order chi connectivity index (χ1) is 9.56. The predicted octanol–water partition coefficient (Wildman–Crippen LogP) is 4.27. The zero-order valence-electron chi connectivity index (χ0n) is 10.9. The molecule has 2 aromatic carbocycles. The lowest BCUT2D eigenvalue weighted by Crippen LogP contribution is -2.02. The third-order valence-corrected chi connectivity index (χ3v) is 3.40. The van der Waals surface area contributed by atoms with Crippen molar-refractivity contribution < 1.29 is 9.18 Å². The Balaban J connectivity index is 1.92. The summed E-state index contributed by atoms with van der Waals surface area (Å²) in [5.74, 6) is -0.277. The van der Waals surface area contributed by atoms with Crippen LogP contribution in [0.3, 0.4) is 0 Å². The molecule has 0 radical (unpaired) electrons. The van der Waals surface area contributed by atoms with Crippen molar-refractivity contribution >= 4 is 23.1 Å². The van der Waals surface area contributed by atoms with Gasteiger partial charge in [0.1, 0.15) is 5.82 Å². The highest BCUT2D eigenvalue weighted by molar-refractivity contribution is 6.34. The number of Topliss-reactive ketones (excluding diaryl/α,β-unsaturated/α-hetero) is 1. The number of nitrogens with two attached hydrogens (primary N) is 1. The Labute approximate surface area is 122 Å². The third kappa shape index (κ3) is 3.81. The van der Waals surface area contributed by atoms with E-state index < -0.39 is 0 Å². The van der Waals surface area contributed by atoms with Gasteiger partial charge in [0.05, 0.1) is 5.02 Å². The molecule has 2 N–H and O–H groups in total. The highest BCUT2D eigenvalue weighted by atomic mass is 35.5. The largest absolute Gasteiger partial charge is 0.399 e. The summed E-state index contributed by atoms with van der Waals surface area (Å²) in [7, 11) is 0. The van der Waals surface area contributed by atoms with Gasteiger partial charge in [-0.15, -0.1) is 0 Å². The summed E-state index contributed by atoms with van der Waals surface area (Å²) in [6.45, 7) is 0. The van der Waals surface area contributed by atoms with Crippen molar-refractivity contribution in [1.82, 2.24) is 0 Å². The standard InChI is InChI=1S/C16H15ClFNO/c17-15-9-8-13(19)10-14(15)16(20)3-1-2-11-4-6-12(18)7-5-11/h4-10H,1-3,19H2. The van der Waals surface area contributed by atoms with Crippen LogP contribution in [0.4, 0.5) is 10.1 Å². The number of ketones is 1. The van der Waals surface area contributed by atoms with Crippen LogP contribution in [0.5, 0.6) is 0 Å². The molecule has 104 valence electrons. The van der Waals surface area contributed by atoms with E-state index in [2.05, 4.69) is 0 Å². The number of hydrogen-bond donors (Lipinski definition) is 1. The van der Waals surface area contributed by atoms with E-state index in [1.54, 1.807) is 30.3 Å². The molecule has 2 rings (SSSR count). The zero-order chi connectivity index (χ0) is 14.5. The minimum Gasteiger partial charge on any atom is -0.399 e. The van der Waals surface area contributed by atoms with Crippen LogP contribution in [0.25, 0.3) is 0 Å². The van der Waals surface area contributed by atoms with Crippen LogP contribution in [0.1, 0.15) is 28.8 Å². The summed E-state index contributed by atoms with van der Waals surface area (Å²) in [4.78, 5) is 12.1.